The summed E-state index contributed by atoms with van der Waals surface area (Å²) in [5.41, 5.74) is 4.85. The molecule has 5 heteroatoms. The van der Waals surface area contributed by atoms with Crippen molar-refractivity contribution in [2.24, 2.45) is 11.3 Å². The molecule has 0 heterocycles. The van der Waals surface area contributed by atoms with E-state index in [-0.39, 0.29) is 46.7 Å². The van der Waals surface area contributed by atoms with Gasteiger partial charge in [-0.3, -0.25) is 0 Å². The van der Waals surface area contributed by atoms with Crippen molar-refractivity contribution in [2.75, 3.05) is 7.11 Å². The summed E-state index contributed by atoms with van der Waals surface area (Å²) in [5.74, 6) is 0.428. The van der Waals surface area contributed by atoms with E-state index >= 15 is 8.78 Å². The van der Waals surface area contributed by atoms with Gasteiger partial charge in [0.25, 0.3) is 0 Å². The van der Waals surface area contributed by atoms with Gasteiger partial charge in [0.1, 0.15) is 24.5 Å². The standard InChI is InChI=1S/C34H36F2O3/c1-33(2)14-5-7-28(33)26-16-21(8-11-25(26)27-17-24(38-3)10-12-29(27)35)20-39-30-13-9-22-6-4-15-34(18-23(34)19-37)31(22)32(30)36/h8-13,16-17,19,23,28H,4-7,14-15,18,20H2,1-3H3. The van der Waals surface area contributed by atoms with Gasteiger partial charge in [-0.05, 0) is 96.4 Å². The highest BCUT2D eigenvalue weighted by molar-refractivity contribution is 5.71. The lowest BCUT2D eigenvalue weighted by molar-refractivity contribution is -0.109. The second-order valence-electron chi connectivity index (χ2n) is 12.4. The van der Waals surface area contributed by atoms with Crippen molar-refractivity contribution in [3.8, 4) is 22.6 Å². The molecule has 0 amide bonds. The highest BCUT2D eigenvalue weighted by atomic mass is 19.1. The Balaban J connectivity index is 1.34. The minimum Gasteiger partial charge on any atom is -0.497 e. The second kappa shape index (κ2) is 9.76. The topological polar surface area (TPSA) is 35.5 Å². The Morgan fingerprint density at radius 3 is 2.56 bits per heavy atom. The molecular weight excluding hydrogens is 494 g/mol. The Bertz CT molecular complexity index is 1430. The summed E-state index contributed by atoms with van der Waals surface area (Å²) in [4.78, 5) is 11.5. The minimum absolute atomic E-state index is 0.0852. The van der Waals surface area contributed by atoms with Crippen molar-refractivity contribution in [1.82, 2.24) is 0 Å². The van der Waals surface area contributed by atoms with Gasteiger partial charge in [-0.15, -0.1) is 0 Å². The molecule has 39 heavy (non-hydrogen) atoms. The fourth-order valence-electron chi connectivity index (χ4n) is 7.40. The van der Waals surface area contributed by atoms with E-state index in [0.29, 0.717) is 16.9 Å². The molecule has 3 aliphatic rings. The van der Waals surface area contributed by atoms with Crippen molar-refractivity contribution in [3.63, 3.8) is 0 Å². The number of aryl methyl sites for hydroxylation is 1. The monoisotopic (exact) mass is 530 g/mol. The quantitative estimate of drug-likeness (QED) is 0.288. The van der Waals surface area contributed by atoms with Crippen LogP contribution < -0.4 is 9.47 Å². The molecule has 0 saturated heterocycles. The number of aldehydes is 1. The van der Waals surface area contributed by atoms with Crippen LogP contribution in [-0.2, 0) is 23.2 Å². The van der Waals surface area contributed by atoms with Crippen LogP contribution in [0.3, 0.4) is 0 Å². The predicted octanol–water partition coefficient (Wildman–Crippen LogP) is 8.31. The number of carbonyl (C=O) groups excluding carboxylic acids is 1. The van der Waals surface area contributed by atoms with Gasteiger partial charge in [-0.25, -0.2) is 8.78 Å². The van der Waals surface area contributed by atoms with E-state index in [2.05, 4.69) is 19.9 Å². The highest BCUT2D eigenvalue weighted by Crippen LogP contribution is 2.60. The van der Waals surface area contributed by atoms with Crippen LogP contribution in [0.1, 0.15) is 80.5 Å². The molecule has 2 saturated carbocycles. The average Bonchev–Trinajstić information content (AvgIpc) is 3.50. The largest absolute Gasteiger partial charge is 0.497 e. The molecule has 3 nitrogen and oxygen atoms in total. The molecule has 3 aromatic carbocycles. The summed E-state index contributed by atoms with van der Waals surface area (Å²) in [5, 5.41) is 0. The van der Waals surface area contributed by atoms with E-state index in [9.17, 15) is 4.79 Å². The van der Waals surface area contributed by atoms with E-state index in [1.54, 1.807) is 25.3 Å². The Morgan fingerprint density at radius 2 is 1.85 bits per heavy atom. The van der Waals surface area contributed by atoms with E-state index in [1.807, 2.05) is 18.2 Å². The molecule has 0 N–H and O–H groups in total. The first-order chi connectivity index (χ1) is 18.8. The molecule has 6 rings (SSSR count). The van der Waals surface area contributed by atoms with Gasteiger partial charge in [0.05, 0.1) is 7.11 Å². The number of fused-ring (bicyclic) bond motifs is 2. The number of methoxy groups -OCH3 is 1. The first-order valence-corrected chi connectivity index (χ1v) is 14.1. The molecule has 1 spiro atoms. The molecule has 204 valence electrons. The number of carbonyl (C=O) groups is 1. The van der Waals surface area contributed by atoms with Crippen molar-refractivity contribution in [1.29, 1.82) is 0 Å². The lowest BCUT2D eigenvalue weighted by atomic mass is 9.75. The molecular formula is C34H36F2O3. The summed E-state index contributed by atoms with van der Waals surface area (Å²) in [7, 11) is 1.59. The Morgan fingerprint density at radius 1 is 1.00 bits per heavy atom. The normalized spacial score (nSPS) is 24.8. The van der Waals surface area contributed by atoms with E-state index in [1.165, 1.54) is 6.07 Å². The van der Waals surface area contributed by atoms with Crippen LogP contribution in [0.5, 0.6) is 11.5 Å². The van der Waals surface area contributed by atoms with E-state index < -0.39 is 0 Å². The smallest absolute Gasteiger partial charge is 0.169 e. The molecule has 3 unspecified atom stereocenters. The SMILES string of the molecule is COc1ccc(F)c(-c2ccc(COc3ccc4c(c3F)C3(CCC4)CC3C=O)cc2C2CCCC2(C)C)c1. The van der Waals surface area contributed by atoms with Gasteiger partial charge < -0.3 is 14.3 Å². The third kappa shape index (κ3) is 4.44. The van der Waals surface area contributed by atoms with Gasteiger partial charge in [0.15, 0.2) is 11.6 Å². The number of ether oxygens (including phenoxy) is 2. The van der Waals surface area contributed by atoms with E-state index in [4.69, 9.17) is 9.47 Å². The average molecular weight is 531 g/mol. The maximum Gasteiger partial charge on any atom is 0.169 e. The summed E-state index contributed by atoms with van der Waals surface area (Å²) in [6.07, 6.45) is 7.67. The number of halogens is 2. The van der Waals surface area contributed by atoms with Gasteiger partial charge in [0, 0.05) is 22.5 Å². The zero-order chi connectivity index (χ0) is 27.4. The third-order valence-corrected chi connectivity index (χ3v) is 9.66. The summed E-state index contributed by atoms with van der Waals surface area (Å²) in [6.45, 7) is 4.77. The van der Waals surface area contributed by atoms with Crippen molar-refractivity contribution >= 4 is 6.29 Å². The molecule has 3 aromatic rings. The molecule has 0 aliphatic heterocycles. The number of benzene rings is 3. The van der Waals surface area contributed by atoms with Crippen LogP contribution in [0, 0.1) is 23.0 Å². The molecule has 0 bridgehead atoms. The maximum absolute atomic E-state index is 15.8. The third-order valence-electron chi connectivity index (χ3n) is 9.66. The number of hydrogen-bond acceptors (Lipinski definition) is 3. The van der Waals surface area contributed by atoms with Crippen LogP contribution in [0.25, 0.3) is 11.1 Å². The van der Waals surface area contributed by atoms with Crippen LogP contribution in [-0.4, -0.2) is 13.4 Å². The predicted molar refractivity (Wildman–Crippen MR) is 148 cm³/mol. The summed E-state index contributed by atoms with van der Waals surface area (Å²) < 4.78 is 42.4. The lowest BCUT2D eigenvalue weighted by Gasteiger charge is -2.30. The summed E-state index contributed by atoms with van der Waals surface area (Å²) in [6, 6.07) is 14.6. The minimum atomic E-state index is -0.345. The van der Waals surface area contributed by atoms with Crippen LogP contribution >= 0.6 is 0 Å². The molecule has 3 aliphatic carbocycles. The van der Waals surface area contributed by atoms with E-state index in [0.717, 1.165) is 73.5 Å². The fourth-order valence-corrected chi connectivity index (χ4v) is 7.40. The zero-order valence-electron chi connectivity index (χ0n) is 23.0. The van der Waals surface area contributed by atoms with Gasteiger partial charge >= 0.3 is 0 Å². The first kappa shape index (κ1) is 26.0. The molecule has 0 aromatic heterocycles. The lowest BCUT2D eigenvalue weighted by Crippen LogP contribution is -2.21. The highest BCUT2D eigenvalue weighted by Gasteiger charge is 2.58. The molecule has 3 atom stereocenters. The molecule has 0 radical (unpaired) electrons. The van der Waals surface area contributed by atoms with Crippen LogP contribution in [0.15, 0.2) is 48.5 Å². The van der Waals surface area contributed by atoms with Crippen molar-refractivity contribution in [3.05, 3.63) is 82.4 Å². The van der Waals surface area contributed by atoms with Gasteiger partial charge in [-0.1, -0.05) is 44.5 Å². The van der Waals surface area contributed by atoms with Crippen molar-refractivity contribution in [2.45, 2.75) is 76.7 Å². The van der Waals surface area contributed by atoms with Gasteiger partial charge in [0.2, 0.25) is 0 Å². The zero-order valence-corrected chi connectivity index (χ0v) is 23.0. The van der Waals surface area contributed by atoms with Crippen molar-refractivity contribution < 1.29 is 23.0 Å². The maximum atomic E-state index is 15.8. The second-order valence-corrected chi connectivity index (χ2v) is 12.4. The summed E-state index contributed by atoms with van der Waals surface area (Å²) >= 11 is 0. The van der Waals surface area contributed by atoms with Crippen LogP contribution in [0.4, 0.5) is 8.78 Å². The number of rotatable bonds is 7. The van der Waals surface area contributed by atoms with Crippen LogP contribution in [0.2, 0.25) is 0 Å². The van der Waals surface area contributed by atoms with Gasteiger partial charge in [-0.2, -0.15) is 0 Å². The first-order valence-electron chi connectivity index (χ1n) is 14.1. The Hall–Kier alpha value is -3.21. The number of hydrogen-bond donors (Lipinski definition) is 0. The Kier molecular flexibility index (Phi) is 6.52. The molecule has 2 fully saturated rings. The fraction of sp³-hybridized carbons (Fsp3) is 0.441. The Labute approximate surface area is 229 Å².